The van der Waals surface area contributed by atoms with Crippen LogP contribution in [0, 0.1) is 5.82 Å². The summed E-state index contributed by atoms with van der Waals surface area (Å²) in [7, 11) is 0. The van der Waals surface area contributed by atoms with E-state index in [2.05, 4.69) is 0 Å². The maximum absolute atomic E-state index is 13.2. The van der Waals surface area contributed by atoms with Gasteiger partial charge in [0.15, 0.2) is 11.6 Å². The van der Waals surface area contributed by atoms with E-state index in [1.807, 2.05) is 0 Å². The first-order chi connectivity index (χ1) is 7.75. The van der Waals surface area contributed by atoms with Crippen molar-refractivity contribution in [2.75, 3.05) is 0 Å². The number of halogens is 1. The summed E-state index contributed by atoms with van der Waals surface area (Å²) in [6.07, 6.45) is 0. The van der Waals surface area contributed by atoms with Crippen LogP contribution in [-0.4, -0.2) is 5.11 Å². The summed E-state index contributed by atoms with van der Waals surface area (Å²) in [6.45, 7) is 0.279. The van der Waals surface area contributed by atoms with E-state index in [9.17, 15) is 4.39 Å². The molecule has 16 heavy (non-hydrogen) atoms. The van der Waals surface area contributed by atoms with Crippen molar-refractivity contribution in [2.24, 2.45) is 0 Å². The van der Waals surface area contributed by atoms with Gasteiger partial charge in [0.1, 0.15) is 12.4 Å². The summed E-state index contributed by atoms with van der Waals surface area (Å²) < 4.78 is 18.5. The largest absolute Gasteiger partial charge is 0.508 e. The van der Waals surface area contributed by atoms with Crippen molar-refractivity contribution in [2.45, 2.75) is 6.61 Å². The zero-order valence-corrected chi connectivity index (χ0v) is 8.56. The predicted molar refractivity (Wildman–Crippen MR) is 58.8 cm³/mol. The van der Waals surface area contributed by atoms with Crippen molar-refractivity contribution >= 4 is 0 Å². The Hall–Kier alpha value is -2.03. The van der Waals surface area contributed by atoms with E-state index >= 15 is 0 Å². The summed E-state index contributed by atoms with van der Waals surface area (Å²) in [4.78, 5) is 0. The molecule has 0 aliphatic heterocycles. The molecule has 2 rings (SSSR count). The fourth-order valence-corrected chi connectivity index (χ4v) is 1.32. The van der Waals surface area contributed by atoms with Gasteiger partial charge in [-0.15, -0.1) is 0 Å². The fraction of sp³-hybridized carbons (Fsp3) is 0.0769. The van der Waals surface area contributed by atoms with Crippen LogP contribution in [0.3, 0.4) is 0 Å². The number of rotatable bonds is 3. The van der Waals surface area contributed by atoms with Crippen molar-refractivity contribution in [3.05, 3.63) is 59.9 Å². The summed E-state index contributed by atoms with van der Waals surface area (Å²) >= 11 is 0. The van der Waals surface area contributed by atoms with Crippen LogP contribution in [0.5, 0.6) is 11.5 Å². The molecule has 0 unspecified atom stereocenters. The molecule has 3 heteroatoms. The Labute approximate surface area is 92.9 Å². The van der Waals surface area contributed by atoms with Crippen LogP contribution in [0.1, 0.15) is 5.56 Å². The second kappa shape index (κ2) is 4.66. The first-order valence-corrected chi connectivity index (χ1v) is 4.91. The average Bonchev–Trinajstić information content (AvgIpc) is 2.30. The molecule has 2 nitrogen and oxygen atoms in total. The van der Waals surface area contributed by atoms with E-state index in [1.54, 1.807) is 42.5 Å². The molecule has 0 fully saturated rings. The molecule has 0 atom stereocenters. The highest BCUT2D eigenvalue weighted by molar-refractivity contribution is 5.27. The van der Waals surface area contributed by atoms with Crippen LogP contribution in [-0.2, 0) is 6.61 Å². The number of para-hydroxylation sites is 1. The molecule has 1 N–H and O–H groups in total. The number of aromatic hydroxyl groups is 1. The average molecular weight is 218 g/mol. The molecule has 0 aromatic heterocycles. The minimum Gasteiger partial charge on any atom is -0.508 e. The highest BCUT2D eigenvalue weighted by Gasteiger charge is 2.01. The van der Waals surface area contributed by atoms with Crippen LogP contribution in [0.2, 0.25) is 0 Å². The van der Waals surface area contributed by atoms with Gasteiger partial charge in [-0.1, -0.05) is 24.3 Å². The molecule has 0 amide bonds. The minimum absolute atomic E-state index is 0.203. The van der Waals surface area contributed by atoms with Gasteiger partial charge in [-0.25, -0.2) is 4.39 Å². The van der Waals surface area contributed by atoms with E-state index < -0.39 is 0 Å². The predicted octanol–water partition coefficient (Wildman–Crippen LogP) is 3.11. The molecule has 0 aliphatic rings. The molecular weight excluding hydrogens is 207 g/mol. The summed E-state index contributed by atoms with van der Waals surface area (Å²) in [6, 6.07) is 12.9. The van der Waals surface area contributed by atoms with Crippen molar-refractivity contribution in [3.63, 3.8) is 0 Å². The third-order valence-corrected chi connectivity index (χ3v) is 2.17. The molecule has 2 aromatic carbocycles. The minimum atomic E-state index is -0.374. The summed E-state index contributed by atoms with van der Waals surface area (Å²) in [5.74, 6) is 0.0616. The number of phenolic OH excluding ortho intramolecular Hbond substituents is 1. The van der Waals surface area contributed by atoms with Crippen LogP contribution >= 0.6 is 0 Å². The van der Waals surface area contributed by atoms with Gasteiger partial charge < -0.3 is 9.84 Å². The lowest BCUT2D eigenvalue weighted by Crippen LogP contribution is -1.96. The highest BCUT2D eigenvalue weighted by atomic mass is 19.1. The lowest BCUT2D eigenvalue weighted by atomic mass is 10.2. The fourth-order valence-electron chi connectivity index (χ4n) is 1.32. The normalized spacial score (nSPS) is 10.1. The van der Waals surface area contributed by atoms with Crippen LogP contribution in [0.15, 0.2) is 48.5 Å². The van der Waals surface area contributed by atoms with Gasteiger partial charge in [-0.05, 0) is 29.8 Å². The Balaban J connectivity index is 2.02. The van der Waals surface area contributed by atoms with E-state index in [-0.39, 0.29) is 23.9 Å². The maximum Gasteiger partial charge on any atom is 0.165 e. The lowest BCUT2D eigenvalue weighted by molar-refractivity contribution is 0.290. The van der Waals surface area contributed by atoms with Crippen molar-refractivity contribution < 1.29 is 14.2 Å². The van der Waals surface area contributed by atoms with Crippen LogP contribution in [0.25, 0.3) is 0 Å². The van der Waals surface area contributed by atoms with E-state index in [0.717, 1.165) is 5.56 Å². The molecule has 0 bridgehead atoms. The molecule has 0 saturated heterocycles. The van der Waals surface area contributed by atoms with Gasteiger partial charge >= 0.3 is 0 Å². The maximum atomic E-state index is 13.2. The number of benzene rings is 2. The van der Waals surface area contributed by atoms with E-state index in [4.69, 9.17) is 9.84 Å². The second-order valence-electron chi connectivity index (χ2n) is 3.39. The Morgan fingerprint density at radius 3 is 2.38 bits per heavy atom. The molecule has 82 valence electrons. The lowest BCUT2D eigenvalue weighted by Gasteiger charge is -2.06. The van der Waals surface area contributed by atoms with E-state index in [0.29, 0.717) is 0 Å². The zero-order valence-electron chi connectivity index (χ0n) is 8.56. The quantitative estimate of drug-likeness (QED) is 0.857. The van der Waals surface area contributed by atoms with E-state index in [1.165, 1.54) is 6.07 Å². The zero-order chi connectivity index (χ0) is 11.4. The Morgan fingerprint density at radius 2 is 1.69 bits per heavy atom. The smallest absolute Gasteiger partial charge is 0.165 e. The third kappa shape index (κ3) is 2.51. The molecule has 0 radical (unpaired) electrons. The van der Waals surface area contributed by atoms with Gasteiger partial charge in [0.05, 0.1) is 0 Å². The molecule has 0 aliphatic carbocycles. The topological polar surface area (TPSA) is 29.5 Å². The van der Waals surface area contributed by atoms with Gasteiger partial charge in [-0.3, -0.25) is 0 Å². The monoisotopic (exact) mass is 218 g/mol. The number of phenols is 1. The van der Waals surface area contributed by atoms with Crippen LogP contribution < -0.4 is 4.74 Å². The third-order valence-electron chi connectivity index (χ3n) is 2.17. The molecular formula is C13H11FO2. The molecule has 2 aromatic rings. The Bertz CT molecular complexity index is 466. The molecule has 0 saturated carbocycles. The first-order valence-electron chi connectivity index (χ1n) is 4.91. The summed E-state index contributed by atoms with van der Waals surface area (Å²) in [5, 5.41) is 9.09. The van der Waals surface area contributed by atoms with Gasteiger partial charge in [-0.2, -0.15) is 0 Å². The number of hydrogen-bond acceptors (Lipinski definition) is 2. The van der Waals surface area contributed by atoms with Gasteiger partial charge in [0.25, 0.3) is 0 Å². The number of hydrogen-bond donors (Lipinski definition) is 1. The highest BCUT2D eigenvalue weighted by Crippen LogP contribution is 2.17. The van der Waals surface area contributed by atoms with Crippen molar-refractivity contribution in [1.82, 2.24) is 0 Å². The molecule has 0 spiro atoms. The number of ether oxygens (including phenoxy) is 1. The SMILES string of the molecule is Oc1ccc(COc2ccccc2F)cc1. The standard InChI is InChI=1S/C13H11FO2/c14-12-3-1-2-4-13(12)16-9-10-5-7-11(15)8-6-10/h1-8,15H,9H2. The Morgan fingerprint density at radius 1 is 1.00 bits per heavy atom. The summed E-state index contributed by atoms with van der Waals surface area (Å²) in [5.41, 5.74) is 0.876. The first kappa shape index (κ1) is 10.5. The van der Waals surface area contributed by atoms with Gasteiger partial charge in [0, 0.05) is 0 Å². The Kier molecular flexibility index (Phi) is 3.05. The second-order valence-corrected chi connectivity index (χ2v) is 3.39. The molecule has 0 heterocycles. The van der Waals surface area contributed by atoms with Gasteiger partial charge in [0.2, 0.25) is 0 Å². The van der Waals surface area contributed by atoms with Crippen LogP contribution in [0.4, 0.5) is 4.39 Å². The van der Waals surface area contributed by atoms with Crippen molar-refractivity contribution in [3.8, 4) is 11.5 Å². The van der Waals surface area contributed by atoms with Crippen molar-refractivity contribution in [1.29, 1.82) is 0 Å².